The summed E-state index contributed by atoms with van der Waals surface area (Å²) in [6.07, 6.45) is 0.463. The van der Waals surface area contributed by atoms with E-state index in [0.29, 0.717) is 17.7 Å². The van der Waals surface area contributed by atoms with E-state index in [2.05, 4.69) is 26.0 Å². The molecule has 1 fully saturated rings. The molecule has 0 radical (unpaired) electrons. The first-order chi connectivity index (χ1) is 21.0. The zero-order chi connectivity index (χ0) is 32.2. The SMILES string of the molecule is COC(=O)CNC(=O)CNC(=O)[C@@H](C)NCCCOC(=O)C1=C(COC(C)=O)CS[C@@H]2[C@H](NC(=O)Cc3cccs3)C(=O)N12. The molecule has 1 aromatic heterocycles. The smallest absolute Gasteiger partial charge is 0.355 e. The Bertz CT molecular complexity index is 1290. The van der Waals surface area contributed by atoms with E-state index in [1.54, 1.807) is 6.92 Å². The van der Waals surface area contributed by atoms with Crippen LogP contribution in [0.1, 0.15) is 25.1 Å². The number of rotatable bonds is 16. The number of carbonyl (C=O) groups excluding carboxylic acids is 7. The van der Waals surface area contributed by atoms with Crippen molar-refractivity contribution < 1.29 is 47.8 Å². The van der Waals surface area contributed by atoms with Crippen LogP contribution in [-0.4, -0.2) is 110 Å². The van der Waals surface area contributed by atoms with Crippen molar-refractivity contribution in [2.75, 3.05) is 45.7 Å². The molecule has 0 bridgehead atoms. The van der Waals surface area contributed by atoms with Crippen molar-refractivity contribution in [3.63, 3.8) is 0 Å². The van der Waals surface area contributed by atoms with Crippen LogP contribution in [0.15, 0.2) is 28.8 Å². The molecule has 3 heterocycles. The molecule has 2 aliphatic rings. The highest BCUT2D eigenvalue weighted by atomic mass is 32.2. The van der Waals surface area contributed by atoms with Crippen LogP contribution in [0.2, 0.25) is 0 Å². The summed E-state index contributed by atoms with van der Waals surface area (Å²) < 4.78 is 14.9. The van der Waals surface area contributed by atoms with Crippen LogP contribution < -0.4 is 21.3 Å². The first kappa shape index (κ1) is 34.5. The summed E-state index contributed by atoms with van der Waals surface area (Å²) in [7, 11) is 1.19. The van der Waals surface area contributed by atoms with E-state index in [-0.39, 0.29) is 50.9 Å². The molecule has 4 N–H and O–H groups in total. The summed E-state index contributed by atoms with van der Waals surface area (Å²) in [6, 6.07) is 2.19. The number of thiophene rings is 1. The van der Waals surface area contributed by atoms with Gasteiger partial charge in [-0.25, -0.2) is 4.79 Å². The lowest BCUT2D eigenvalue weighted by atomic mass is 10.0. The van der Waals surface area contributed by atoms with Gasteiger partial charge in [0, 0.05) is 23.1 Å². The highest BCUT2D eigenvalue weighted by Gasteiger charge is 2.54. The summed E-state index contributed by atoms with van der Waals surface area (Å²) in [6.45, 7) is 2.25. The lowest BCUT2D eigenvalue weighted by molar-refractivity contribution is -0.153. The first-order valence-electron chi connectivity index (χ1n) is 13.6. The van der Waals surface area contributed by atoms with Gasteiger partial charge in [0.1, 0.15) is 30.3 Å². The van der Waals surface area contributed by atoms with Crippen molar-refractivity contribution in [1.82, 2.24) is 26.2 Å². The number of ether oxygens (including phenoxy) is 3. The fourth-order valence-corrected chi connectivity index (χ4v) is 6.14. The van der Waals surface area contributed by atoms with Crippen LogP contribution in [0.3, 0.4) is 0 Å². The van der Waals surface area contributed by atoms with Crippen LogP contribution in [0.25, 0.3) is 0 Å². The van der Waals surface area contributed by atoms with E-state index < -0.39 is 53.1 Å². The van der Waals surface area contributed by atoms with Crippen molar-refractivity contribution in [1.29, 1.82) is 0 Å². The Morgan fingerprint density at radius 2 is 1.86 bits per heavy atom. The summed E-state index contributed by atoms with van der Waals surface area (Å²) >= 11 is 2.78. The van der Waals surface area contributed by atoms with Crippen molar-refractivity contribution in [3.8, 4) is 0 Å². The summed E-state index contributed by atoms with van der Waals surface area (Å²) in [5, 5.41) is 11.8. The predicted octanol–water partition coefficient (Wildman–Crippen LogP) is -1.18. The third kappa shape index (κ3) is 9.78. The van der Waals surface area contributed by atoms with Crippen molar-refractivity contribution >= 4 is 64.6 Å². The second-order valence-electron chi connectivity index (χ2n) is 9.68. The Balaban J connectivity index is 1.47. The van der Waals surface area contributed by atoms with E-state index in [4.69, 9.17) is 9.47 Å². The number of nitrogens with one attached hydrogen (secondary N) is 4. The molecule has 0 aromatic carbocycles. The van der Waals surface area contributed by atoms with Gasteiger partial charge in [-0.05, 0) is 31.3 Å². The Labute approximate surface area is 261 Å². The lowest BCUT2D eigenvalue weighted by Crippen LogP contribution is -2.70. The van der Waals surface area contributed by atoms with Gasteiger partial charge in [0.2, 0.25) is 17.7 Å². The predicted molar refractivity (Wildman–Crippen MR) is 158 cm³/mol. The average Bonchev–Trinajstić information content (AvgIpc) is 3.51. The number of methoxy groups -OCH3 is 1. The molecule has 0 saturated carbocycles. The van der Waals surface area contributed by atoms with Gasteiger partial charge >= 0.3 is 17.9 Å². The van der Waals surface area contributed by atoms with Crippen LogP contribution in [0, 0.1) is 0 Å². The molecule has 0 spiro atoms. The molecule has 0 aliphatic carbocycles. The molecule has 4 amide bonds. The standard InChI is InChI=1S/C27H35N5O10S2/c1-15(24(37)30-11-20(35)29-12-21(36)40-3)28-7-5-8-41-27(39)23-17(13-42-16(2)33)14-44-26-22(25(38)32(23)26)31-19(34)10-18-6-4-9-43-18/h4,6,9,15,22,26,28H,5,7-8,10-14H2,1-3H3,(H,29,35)(H,30,37)(H,31,34)/t15-,22-,26-/m1/s1. The van der Waals surface area contributed by atoms with E-state index in [9.17, 15) is 33.6 Å². The monoisotopic (exact) mass is 653 g/mol. The third-order valence-corrected chi connectivity index (χ3v) is 8.62. The van der Waals surface area contributed by atoms with Crippen molar-refractivity contribution in [3.05, 3.63) is 33.7 Å². The molecule has 44 heavy (non-hydrogen) atoms. The van der Waals surface area contributed by atoms with Gasteiger partial charge in [0.25, 0.3) is 5.91 Å². The topological polar surface area (TPSA) is 199 Å². The van der Waals surface area contributed by atoms with Crippen molar-refractivity contribution in [2.24, 2.45) is 0 Å². The zero-order valence-corrected chi connectivity index (χ0v) is 26.1. The minimum absolute atomic E-state index is 0.00469. The van der Waals surface area contributed by atoms with E-state index in [0.717, 1.165) is 4.88 Å². The second-order valence-corrected chi connectivity index (χ2v) is 11.8. The Morgan fingerprint density at radius 3 is 2.55 bits per heavy atom. The van der Waals surface area contributed by atoms with Crippen LogP contribution in [0.5, 0.6) is 0 Å². The number of carbonyl (C=O) groups is 7. The Morgan fingerprint density at radius 1 is 1.09 bits per heavy atom. The number of fused-ring (bicyclic) bond motifs is 1. The molecule has 0 unspecified atom stereocenters. The number of nitrogens with zero attached hydrogens (tertiary/aromatic N) is 1. The second kappa shape index (κ2) is 16.8. The highest BCUT2D eigenvalue weighted by Crippen LogP contribution is 2.40. The van der Waals surface area contributed by atoms with Gasteiger partial charge in [-0.2, -0.15) is 0 Å². The highest BCUT2D eigenvalue weighted by molar-refractivity contribution is 8.00. The van der Waals surface area contributed by atoms with Gasteiger partial charge in [0.05, 0.1) is 32.7 Å². The zero-order valence-electron chi connectivity index (χ0n) is 24.5. The molecule has 1 saturated heterocycles. The van der Waals surface area contributed by atoms with Crippen LogP contribution >= 0.6 is 23.1 Å². The van der Waals surface area contributed by atoms with E-state index >= 15 is 0 Å². The van der Waals surface area contributed by atoms with Gasteiger partial charge in [-0.1, -0.05) is 6.07 Å². The van der Waals surface area contributed by atoms with Gasteiger partial charge in [0.15, 0.2) is 0 Å². The van der Waals surface area contributed by atoms with Crippen LogP contribution in [-0.2, 0) is 54.2 Å². The Kier molecular flexibility index (Phi) is 13.2. The molecule has 15 nitrogen and oxygen atoms in total. The molecule has 240 valence electrons. The molecule has 3 atom stereocenters. The van der Waals surface area contributed by atoms with E-state index in [1.807, 2.05) is 17.5 Å². The summed E-state index contributed by atoms with van der Waals surface area (Å²) in [4.78, 5) is 87.2. The number of amides is 4. The maximum Gasteiger partial charge on any atom is 0.355 e. The molecular formula is C27H35N5O10S2. The number of esters is 3. The van der Waals surface area contributed by atoms with Crippen molar-refractivity contribution in [2.45, 2.75) is 44.1 Å². The normalized spacial score (nSPS) is 17.9. The largest absolute Gasteiger partial charge is 0.468 e. The minimum Gasteiger partial charge on any atom is -0.468 e. The maximum atomic E-state index is 13.1. The fraction of sp³-hybridized carbons (Fsp3) is 0.519. The minimum atomic E-state index is -0.804. The Hall–Kier alpha value is -3.96. The summed E-state index contributed by atoms with van der Waals surface area (Å²) in [5.41, 5.74) is 0.414. The molecular weight excluding hydrogens is 618 g/mol. The van der Waals surface area contributed by atoms with Gasteiger partial charge in [-0.15, -0.1) is 23.1 Å². The van der Waals surface area contributed by atoms with E-state index in [1.165, 1.54) is 42.0 Å². The number of hydrogen-bond donors (Lipinski definition) is 4. The first-order valence-corrected chi connectivity index (χ1v) is 15.6. The van der Waals surface area contributed by atoms with Crippen LogP contribution in [0.4, 0.5) is 0 Å². The molecule has 1 aromatic rings. The molecule has 3 rings (SSSR count). The lowest BCUT2D eigenvalue weighted by Gasteiger charge is -2.49. The average molecular weight is 654 g/mol. The summed E-state index contributed by atoms with van der Waals surface area (Å²) in [5.74, 6) is -3.41. The van der Waals surface area contributed by atoms with Gasteiger partial charge in [-0.3, -0.25) is 33.7 Å². The number of β-lactam (4-membered cyclic amide) rings is 1. The maximum absolute atomic E-state index is 13.1. The van der Waals surface area contributed by atoms with Gasteiger partial charge < -0.3 is 35.5 Å². The fourth-order valence-electron chi connectivity index (χ4n) is 4.11. The number of thioether (sulfide) groups is 1. The molecule has 17 heteroatoms. The quantitative estimate of drug-likeness (QED) is 0.0723. The third-order valence-electron chi connectivity index (χ3n) is 6.40. The number of hydrogen-bond acceptors (Lipinski definition) is 13. The molecule has 2 aliphatic heterocycles.